The maximum absolute atomic E-state index is 11.8. The van der Waals surface area contributed by atoms with Crippen LogP contribution in [0, 0.1) is 0 Å². The first-order valence-electron chi connectivity index (χ1n) is 5.87. The van der Waals surface area contributed by atoms with Crippen LogP contribution in [0.5, 0.6) is 0 Å². The smallest absolute Gasteiger partial charge is 0.325 e. The third kappa shape index (κ3) is 3.35. The summed E-state index contributed by atoms with van der Waals surface area (Å²) in [6, 6.07) is 8.22. The van der Waals surface area contributed by atoms with E-state index in [1.807, 2.05) is 30.3 Å². The van der Waals surface area contributed by atoms with Crippen LogP contribution in [0.2, 0.25) is 0 Å². The van der Waals surface area contributed by atoms with Gasteiger partial charge in [-0.25, -0.2) is 0 Å². The first-order valence-corrected chi connectivity index (χ1v) is 6.85. The number of amides is 1. The van der Waals surface area contributed by atoms with Crippen LogP contribution >= 0.6 is 11.8 Å². The van der Waals surface area contributed by atoms with E-state index in [1.165, 1.54) is 18.7 Å². The summed E-state index contributed by atoms with van der Waals surface area (Å²) in [5.41, 5.74) is 0.981. The first-order chi connectivity index (χ1) is 9.08. The standard InChI is InChI=1S/C13H14N2O3S/c1-8(13(17)18)14-11(16)10-7-19-12(15-10)9-5-3-2-4-6-9/h2-6,8,10H,7H2,1H3,(H,14,16)(H,17,18). The number of nitrogens with one attached hydrogen (secondary N) is 1. The summed E-state index contributed by atoms with van der Waals surface area (Å²) >= 11 is 1.51. The molecule has 2 rings (SSSR count). The van der Waals surface area contributed by atoms with Crippen molar-refractivity contribution in [2.75, 3.05) is 5.75 Å². The van der Waals surface area contributed by atoms with Gasteiger partial charge in [0, 0.05) is 11.3 Å². The van der Waals surface area contributed by atoms with Gasteiger partial charge in [0.1, 0.15) is 12.1 Å². The van der Waals surface area contributed by atoms with Crippen LogP contribution in [0.4, 0.5) is 0 Å². The average molecular weight is 278 g/mol. The Morgan fingerprint density at radius 3 is 2.74 bits per heavy atom. The molecule has 1 aromatic rings. The first kappa shape index (κ1) is 13.6. The topological polar surface area (TPSA) is 78.8 Å². The Kier molecular flexibility index (Phi) is 4.21. The summed E-state index contributed by atoms with van der Waals surface area (Å²) in [5, 5.41) is 12.0. The van der Waals surface area contributed by atoms with Gasteiger partial charge in [0.25, 0.3) is 0 Å². The molecule has 0 saturated heterocycles. The monoisotopic (exact) mass is 278 g/mol. The van der Waals surface area contributed by atoms with E-state index in [-0.39, 0.29) is 5.91 Å². The van der Waals surface area contributed by atoms with Gasteiger partial charge >= 0.3 is 5.97 Å². The minimum absolute atomic E-state index is 0.340. The van der Waals surface area contributed by atoms with E-state index in [2.05, 4.69) is 10.3 Å². The van der Waals surface area contributed by atoms with Crippen molar-refractivity contribution in [2.45, 2.75) is 19.0 Å². The predicted octanol–water partition coefficient (Wildman–Crippen LogP) is 1.14. The van der Waals surface area contributed by atoms with Gasteiger partial charge in [-0.15, -0.1) is 11.8 Å². The number of carboxylic acids is 1. The second kappa shape index (κ2) is 5.88. The second-order valence-corrected chi connectivity index (χ2v) is 5.20. The normalized spacial score (nSPS) is 19.6. The van der Waals surface area contributed by atoms with Crippen molar-refractivity contribution >= 4 is 28.7 Å². The van der Waals surface area contributed by atoms with Crippen molar-refractivity contribution in [2.24, 2.45) is 4.99 Å². The fourth-order valence-corrected chi connectivity index (χ4v) is 2.66. The molecule has 0 spiro atoms. The summed E-state index contributed by atoms with van der Waals surface area (Å²) in [4.78, 5) is 26.9. The predicted molar refractivity (Wildman–Crippen MR) is 74.5 cm³/mol. The van der Waals surface area contributed by atoms with E-state index in [4.69, 9.17) is 5.11 Å². The van der Waals surface area contributed by atoms with E-state index in [9.17, 15) is 9.59 Å². The average Bonchev–Trinajstić information content (AvgIpc) is 2.89. The third-order valence-electron chi connectivity index (χ3n) is 2.70. The van der Waals surface area contributed by atoms with Crippen LogP contribution in [0.15, 0.2) is 35.3 Å². The lowest BCUT2D eigenvalue weighted by Gasteiger charge is -2.11. The highest BCUT2D eigenvalue weighted by Gasteiger charge is 2.27. The molecule has 6 heteroatoms. The fourth-order valence-electron chi connectivity index (χ4n) is 1.62. The fraction of sp³-hybridized carbons (Fsp3) is 0.308. The number of carboxylic acid groups (broad SMARTS) is 1. The van der Waals surface area contributed by atoms with Gasteiger partial charge in [0.05, 0.1) is 5.04 Å². The summed E-state index contributed by atoms with van der Waals surface area (Å²) in [7, 11) is 0. The molecular weight excluding hydrogens is 264 g/mol. The van der Waals surface area contributed by atoms with E-state index in [1.54, 1.807) is 0 Å². The van der Waals surface area contributed by atoms with E-state index < -0.39 is 18.1 Å². The molecule has 2 unspecified atom stereocenters. The lowest BCUT2D eigenvalue weighted by molar-refractivity contribution is -0.141. The number of carbonyl (C=O) groups excluding carboxylic acids is 1. The van der Waals surface area contributed by atoms with Crippen LogP contribution in [-0.2, 0) is 9.59 Å². The SMILES string of the molecule is CC(NC(=O)C1CSC(c2ccccc2)=N1)C(=O)O. The van der Waals surface area contributed by atoms with Gasteiger partial charge in [-0.2, -0.15) is 0 Å². The Morgan fingerprint density at radius 2 is 2.11 bits per heavy atom. The molecule has 2 atom stereocenters. The molecule has 1 heterocycles. The number of hydrogen-bond donors (Lipinski definition) is 2. The molecule has 0 bridgehead atoms. The van der Waals surface area contributed by atoms with E-state index >= 15 is 0 Å². The molecule has 2 N–H and O–H groups in total. The molecule has 19 heavy (non-hydrogen) atoms. The summed E-state index contributed by atoms with van der Waals surface area (Å²) in [5.74, 6) is -0.845. The number of aliphatic carboxylic acids is 1. The maximum atomic E-state index is 11.8. The zero-order valence-electron chi connectivity index (χ0n) is 10.4. The third-order valence-corrected chi connectivity index (χ3v) is 3.80. The van der Waals surface area contributed by atoms with Crippen LogP contribution in [0.3, 0.4) is 0 Å². The number of aliphatic imine (C=N–C) groups is 1. The molecule has 100 valence electrons. The Hall–Kier alpha value is -1.82. The van der Waals surface area contributed by atoms with Crippen molar-refractivity contribution in [3.05, 3.63) is 35.9 Å². The van der Waals surface area contributed by atoms with Gasteiger partial charge in [-0.3, -0.25) is 14.6 Å². The molecule has 0 fully saturated rings. The number of nitrogens with zero attached hydrogens (tertiary/aromatic N) is 1. The van der Waals surface area contributed by atoms with Gasteiger partial charge in [-0.1, -0.05) is 30.3 Å². The van der Waals surface area contributed by atoms with Gasteiger partial charge in [-0.05, 0) is 6.92 Å². The highest BCUT2D eigenvalue weighted by atomic mass is 32.2. The number of benzene rings is 1. The second-order valence-electron chi connectivity index (χ2n) is 4.20. The molecule has 5 nitrogen and oxygen atoms in total. The minimum atomic E-state index is -1.05. The van der Waals surface area contributed by atoms with Gasteiger partial charge in [0.15, 0.2) is 0 Å². The number of carbonyl (C=O) groups is 2. The molecule has 0 radical (unpaired) electrons. The van der Waals surface area contributed by atoms with Crippen molar-refractivity contribution in [1.82, 2.24) is 5.32 Å². The summed E-state index contributed by atoms with van der Waals surface area (Å²) in [6.07, 6.45) is 0. The quantitative estimate of drug-likeness (QED) is 0.865. The highest BCUT2D eigenvalue weighted by molar-refractivity contribution is 8.14. The molecular formula is C13H14N2O3S. The van der Waals surface area contributed by atoms with E-state index in [0.29, 0.717) is 5.75 Å². The van der Waals surface area contributed by atoms with E-state index in [0.717, 1.165) is 10.6 Å². The Morgan fingerprint density at radius 1 is 1.42 bits per heavy atom. The van der Waals surface area contributed by atoms with Gasteiger partial charge < -0.3 is 10.4 Å². The van der Waals surface area contributed by atoms with Crippen LogP contribution < -0.4 is 5.32 Å². The Bertz CT molecular complexity index is 516. The van der Waals surface area contributed by atoms with Crippen LogP contribution in [0.1, 0.15) is 12.5 Å². The summed E-state index contributed by atoms with van der Waals surface area (Å²) in [6.45, 7) is 1.43. The molecule has 1 aliphatic rings. The lowest BCUT2D eigenvalue weighted by Crippen LogP contribution is -2.43. The van der Waals surface area contributed by atoms with Gasteiger partial charge in [0.2, 0.25) is 5.91 Å². The molecule has 1 amide bonds. The zero-order valence-corrected chi connectivity index (χ0v) is 11.2. The maximum Gasteiger partial charge on any atom is 0.325 e. The molecule has 0 saturated carbocycles. The van der Waals surface area contributed by atoms with Crippen LogP contribution in [0.25, 0.3) is 0 Å². The van der Waals surface area contributed by atoms with Crippen molar-refractivity contribution in [1.29, 1.82) is 0 Å². The zero-order chi connectivity index (χ0) is 13.8. The number of rotatable bonds is 4. The molecule has 1 aromatic carbocycles. The lowest BCUT2D eigenvalue weighted by atomic mass is 10.2. The Labute approximate surface area is 115 Å². The van der Waals surface area contributed by atoms with Crippen molar-refractivity contribution in [3.63, 3.8) is 0 Å². The largest absolute Gasteiger partial charge is 0.480 e. The minimum Gasteiger partial charge on any atom is -0.480 e. The van der Waals surface area contributed by atoms with Crippen molar-refractivity contribution in [3.8, 4) is 0 Å². The molecule has 1 aliphatic heterocycles. The van der Waals surface area contributed by atoms with Crippen LogP contribution in [-0.4, -0.2) is 39.9 Å². The summed E-state index contributed by atoms with van der Waals surface area (Å²) < 4.78 is 0. The molecule has 0 aliphatic carbocycles. The van der Waals surface area contributed by atoms with Crippen molar-refractivity contribution < 1.29 is 14.7 Å². The highest BCUT2D eigenvalue weighted by Crippen LogP contribution is 2.23. The number of thioether (sulfide) groups is 1. The molecule has 0 aromatic heterocycles. The number of hydrogen-bond acceptors (Lipinski definition) is 4. The Balaban J connectivity index is 2.03.